The minimum absolute atomic E-state index is 0.0632. The number of nitrogens with zero attached hydrogens (tertiary/aromatic N) is 1. The lowest BCUT2D eigenvalue weighted by atomic mass is 10.1. The number of benzene rings is 3. The number of hydrogen-bond donors (Lipinski definition) is 2. The van der Waals surface area contributed by atoms with Gasteiger partial charge in [0.2, 0.25) is 5.91 Å². The first-order valence-electron chi connectivity index (χ1n) is 10.3. The predicted molar refractivity (Wildman–Crippen MR) is 138 cm³/mol. The van der Waals surface area contributed by atoms with Crippen LogP contribution in [0.4, 0.5) is 17.1 Å². The van der Waals surface area contributed by atoms with Gasteiger partial charge in [0.15, 0.2) is 0 Å². The fourth-order valence-corrected chi connectivity index (χ4v) is 6.21. The summed E-state index contributed by atoms with van der Waals surface area (Å²) in [5, 5.41) is 14.8. The Morgan fingerprint density at radius 1 is 0.886 bits per heavy atom. The SMILES string of the molecule is O=C(Nc1ccc([N+](=O)[O-])cc1)C(Sc1ccc(NS(=O)(=O)c2cccs2)cc1)c1ccccc1. The van der Waals surface area contributed by atoms with E-state index in [9.17, 15) is 23.3 Å². The highest BCUT2D eigenvalue weighted by Gasteiger charge is 2.23. The number of sulfonamides is 1. The highest BCUT2D eigenvalue weighted by atomic mass is 32.2. The van der Waals surface area contributed by atoms with Crippen molar-refractivity contribution in [1.82, 2.24) is 0 Å². The van der Waals surface area contributed by atoms with Gasteiger partial charge in [-0.25, -0.2) is 8.42 Å². The largest absolute Gasteiger partial charge is 0.325 e. The van der Waals surface area contributed by atoms with Gasteiger partial charge in [0, 0.05) is 28.4 Å². The molecule has 0 fully saturated rings. The first-order chi connectivity index (χ1) is 16.8. The van der Waals surface area contributed by atoms with E-state index in [0.717, 1.165) is 21.8 Å². The maximum Gasteiger partial charge on any atom is 0.271 e. The van der Waals surface area contributed by atoms with Gasteiger partial charge in [-0.05, 0) is 53.4 Å². The van der Waals surface area contributed by atoms with Crippen LogP contribution >= 0.6 is 23.1 Å². The molecule has 4 rings (SSSR count). The summed E-state index contributed by atoms with van der Waals surface area (Å²) in [6.07, 6.45) is 0. The molecule has 1 heterocycles. The number of carbonyl (C=O) groups is 1. The number of thiophene rings is 1. The van der Waals surface area contributed by atoms with Crippen molar-refractivity contribution in [3.63, 3.8) is 0 Å². The second-order valence-corrected chi connectivity index (χ2v) is 11.3. The first kappa shape index (κ1) is 24.5. The van der Waals surface area contributed by atoms with E-state index in [-0.39, 0.29) is 15.8 Å². The molecule has 1 atom stereocenters. The van der Waals surface area contributed by atoms with E-state index >= 15 is 0 Å². The van der Waals surface area contributed by atoms with Crippen LogP contribution in [0.3, 0.4) is 0 Å². The van der Waals surface area contributed by atoms with Gasteiger partial charge >= 0.3 is 0 Å². The minimum atomic E-state index is -3.65. The van der Waals surface area contributed by atoms with Crippen LogP contribution in [0.5, 0.6) is 0 Å². The molecule has 0 spiro atoms. The van der Waals surface area contributed by atoms with Crippen molar-refractivity contribution in [3.05, 3.63) is 112 Å². The smallest absolute Gasteiger partial charge is 0.271 e. The summed E-state index contributed by atoms with van der Waals surface area (Å²) >= 11 is 2.44. The van der Waals surface area contributed by atoms with Crippen LogP contribution in [0.15, 0.2) is 105 Å². The van der Waals surface area contributed by atoms with Crippen LogP contribution in [-0.2, 0) is 14.8 Å². The Labute approximate surface area is 210 Å². The lowest BCUT2D eigenvalue weighted by Gasteiger charge is -2.17. The Balaban J connectivity index is 1.50. The summed E-state index contributed by atoms with van der Waals surface area (Å²) in [6.45, 7) is 0. The molecule has 1 amide bonds. The maximum atomic E-state index is 13.2. The van der Waals surface area contributed by atoms with Crippen LogP contribution in [0.25, 0.3) is 0 Å². The molecule has 178 valence electrons. The van der Waals surface area contributed by atoms with Gasteiger partial charge in [0.05, 0.1) is 4.92 Å². The third kappa shape index (κ3) is 6.27. The lowest BCUT2D eigenvalue weighted by molar-refractivity contribution is -0.384. The Kier molecular flexibility index (Phi) is 7.49. The molecule has 0 aliphatic rings. The highest BCUT2D eigenvalue weighted by molar-refractivity contribution is 8.00. The number of rotatable bonds is 9. The summed E-state index contributed by atoms with van der Waals surface area (Å²) in [4.78, 5) is 24.3. The Morgan fingerprint density at radius 2 is 1.54 bits per heavy atom. The Hall–Kier alpha value is -3.67. The average molecular weight is 526 g/mol. The molecular formula is C24H19N3O5S3. The highest BCUT2D eigenvalue weighted by Crippen LogP contribution is 2.37. The monoisotopic (exact) mass is 525 g/mol. The molecule has 35 heavy (non-hydrogen) atoms. The number of thioether (sulfide) groups is 1. The van der Waals surface area contributed by atoms with Crippen molar-refractivity contribution < 1.29 is 18.1 Å². The zero-order chi connectivity index (χ0) is 24.8. The molecule has 1 aromatic heterocycles. The molecule has 2 N–H and O–H groups in total. The topological polar surface area (TPSA) is 118 Å². The van der Waals surface area contributed by atoms with Crippen LogP contribution in [-0.4, -0.2) is 19.2 Å². The van der Waals surface area contributed by atoms with Crippen LogP contribution in [0.2, 0.25) is 0 Å². The first-order valence-corrected chi connectivity index (χ1v) is 13.5. The van der Waals surface area contributed by atoms with Crippen molar-refractivity contribution in [1.29, 1.82) is 0 Å². The fraction of sp³-hybridized carbons (Fsp3) is 0.0417. The van der Waals surface area contributed by atoms with Crippen LogP contribution in [0.1, 0.15) is 10.8 Å². The zero-order valence-corrected chi connectivity index (χ0v) is 20.5. The minimum Gasteiger partial charge on any atom is -0.325 e. The standard InChI is InChI=1S/C24H19N3O5S3/c28-24(25-18-8-12-20(13-9-18)27(29)30)23(17-5-2-1-3-6-17)34-21-14-10-19(11-15-21)26-35(31,32)22-7-4-16-33-22/h1-16,23,26H,(H,25,28). The van der Waals surface area contributed by atoms with Gasteiger partial charge in [-0.1, -0.05) is 36.4 Å². The summed E-state index contributed by atoms with van der Waals surface area (Å²) in [7, 11) is -3.65. The third-order valence-electron chi connectivity index (χ3n) is 4.81. The molecule has 11 heteroatoms. The lowest BCUT2D eigenvalue weighted by Crippen LogP contribution is -2.19. The molecule has 0 saturated heterocycles. The molecular weight excluding hydrogens is 506 g/mol. The van der Waals surface area contributed by atoms with Crippen molar-refractivity contribution >= 4 is 56.1 Å². The number of carbonyl (C=O) groups excluding carboxylic acids is 1. The van der Waals surface area contributed by atoms with Gasteiger partial charge in [-0.3, -0.25) is 19.6 Å². The molecule has 0 bridgehead atoms. The fourth-order valence-electron chi connectivity index (χ4n) is 3.13. The van der Waals surface area contributed by atoms with Crippen molar-refractivity contribution in [2.75, 3.05) is 10.0 Å². The number of anilines is 2. The van der Waals surface area contributed by atoms with Crippen LogP contribution < -0.4 is 10.0 Å². The normalized spacial score (nSPS) is 12.0. The van der Waals surface area contributed by atoms with Gasteiger partial charge in [0.1, 0.15) is 9.46 Å². The van der Waals surface area contributed by atoms with E-state index < -0.39 is 20.2 Å². The number of hydrogen-bond acceptors (Lipinski definition) is 7. The molecule has 0 radical (unpaired) electrons. The molecule has 0 saturated carbocycles. The van der Waals surface area contributed by atoms with Crippen molar-refractivity contribution in [2.45, 2.75) is 14.4 Å². The molecule has 8 nitrogen and oxygen atoms in total. The zero-order valence-electron chi connectivity index (χ0n) is 18.0. The Bertz CT molecular complexity index is 1410. The number of nitro groups is 1. The van der Waals surface area contributed by atoms with E-state index in [1.54, 1.807) is 35.7 Å². The summed E-state index contributed by atoms with van der Waals surface area (Å²) in [5.41, 5.74) is 1.57. The van der Waals surface area contributed by atoms with Crippen molar-refractivity contribution in [3.8, 4) is 0 Å². The number of non-ortho nitro benzene ring substituents is 1. The number of amides is 1. The summed E-state index contributed by atoms with van der Waals surface area (Å²) < 4.78 is 27.6. The Morgan fingerprint density at radius 3 is 2.14 bits per heavy atom. The maximum absolute atomic E-state index is 13.2. The quantitative estimate of drug-likeness (QED) is 0.159. The van der Waals surface area contributed by atoms with E-state index in [4.69, 9.17) is 0 Å². The second-order valence-electron chi connectivity index (χ2n) is 7.26. The molecule has 0 aliphatic heterocycles. The molecule has 3 aromatic carbocycles. The van der Waals surface area contributed by atoms with E-state index in [1.165, 1.54) is 42.1 Å². The summed E-state index contributed by atoms with van der Waals surface area (Å²) in [5.74, 6) is -0.294. The van der Waals surface area contributed by atoms with Crippen LogP contribution in [0, 0.1) is 10.1 Å². The van der Waals surface area contributed by atoms with E-state index in [2.05, 4.69) is 10.0 Å². The number of nitrogens with one attached hydrogen (secondary N) is 2. The average Bonchev–Trinajstić information content (AvgIpc) is 3.40. The third-order valence-corrected chi connectivity index (χ3v) is 8.85. The van der Waals surface area contributed by atoms with E-state index in [0.29, 0.717) is 11.4 Å². The van der Waals surface area contributed by atoms with Gasteiger partial charge in [0.25, 0.3) is 15.7 Å². The van der Waals surface area contributed by atoms with Gasteiger partial charge in [-0.15, -0.1) is 23.1 Å². The molecule has 1 unspecified atom stereocenters. The summed E-state index contributed by atoms with van der Waals surface area (Å²) in [6, 6.07) is 24.8. The molecule has 4 aromatic rings. The van der Waals surface area contributed by atoms with Crippen molar-refractivity contribution in [2.24, 2.45) is 0 Å². The molecule has 0 aliphatic carbocycles. The second kappa shape index (κ2) is 10.7. The predicted octanol–water partition coefficient (Wildman–Crippen LogP) is 5.93. The number of nitro benzene ring substituents is 1. The van der Waals surface area contributed by atoms with Gasteiger partial charge in [-0.2, -0.15) is 0 Å². The van der Waals surface area contributed by atoms with Gasteiger partial charge < -0.3 is 5.32 Å². The van der Waals surface area contributed by atoms with E-state index in [1.807, 2.05) is 30.3 Å².